The maximum absolute atomic E-state index is 6.07. The Balaban J connectivity index is 2.19. The van der Waals surface area contributed by atoms with Crippen molar-refractivity contribution in [2.45, 2.75) is 31.7 Å². The van der Waals surface area contributed by atoms with Gasteiger partial charge < -0.3 is 4.74 Å². The van der Waals surface area contributed by atoms with Crippen molar-refractivity contribution in [3.8, 4) is 5.75 Å². The Morgan fingerprint density at radius 1 is 1.38 bits per heavy atom. The molecule has 1 aliphatic heterocycles. The minimum absolute atomic E-state index is 0.282. The van der Waals surface area contributed by atoms with Crippen LogP contribution in [0.1, 0.15) is 37.3 Å². The number of hydrogen-bond donors (Lipinski definition) is 1. The molecule has 2 N–H and O–H groups in total. The van der Waals surface area contributed by atoms with Crippen molar-refractivity contribution in [3.05, 3.63) is 24.0 Å². The quantitative estimate of drug-likeness (QED) is 0.775. The highest BCUT2D eigenvalue weighted by Gasteiger charge is 2.20. The Bertz CT molecular complexity index is 343. The van der Waals surface area contributed by atoms with Crippen LogP contribution in [0, 0.1) is 0 Å². The Morgan fingerprint density at radius 2 is 2.25 bits per heavy atom. The Labute approximate surface area is 96.4 Å². The van der Waals surface area contributed by atoms with Gasteiger partial charge in [-0.15, -0.1) is 0 Å². The summed E-state index contributed by atoms with van der Waals surface area (Å²) >= 11 is 0. The minimum Gasteiger partial charge on any atom is -0.495 e. The van der Waals surface area contributed by atoms with Crippen LogP contribution in [0.3, 0.4) is 0 Å². The van der Waals surface area contributed by atoms with Gasteiger partial charge in [0, 0.05) is 12.7 Å². The molecule has 0 amide bonds. The molecule has 0 aromatic carbocycles. The van der Waals surface area contributed by atoms with E-state index in [0.717, 1.165) is 24.3 Å². The van der Waals surface area contributed by atoms with Crippen molar-refractivity contribution >= 4 is 0 Å². The third kappa shape index (κ3) is 2.51. The fraction of sp³-hybridized carbons (Fsp3) is 0.583. The number of ether oxygens (including phenoxy) is 1. The first-order valence-electron chi connectivity index (χ1n) is 5.81. The lowest BCUT2D eigenvalue weighted by Crippen LogP contribution is -2.34. The van der Waals surface area contributed by atoms with Crippen molar-refractivity contribution in [2.24, 2.45) is 5.84 Å². The molecule has 1 fully saturated rings. The monoisotopic (exact) mass is 221 g/mol. The molecule has 0 aliphatic carbocycles. The smallest absolute Gasteiger partial charge is 0.137 e. The van der Waals surface area contributed by atoms with Gasteiger partial charge in [-0.1, -0.05) is 12.8 Å². The van der Waals surface area contributed by atoms with Crippen LogP contribution < -0.4 is 10.6 Å². The lowest BCUT2D eigenvalue weighted by Gasteiger charge is -2.25. The first kappa shape index (κ1) is 11.4. The maximum Gasteiger partial charge on any atom is 0.137 e. The van der Waals surface area contributed by atoms with Crippen molar-refractivity contribution in [1.82, 2.24) is 9.99 Å². The van der Waals surface area contributed by atoms with E-state index in [0.29, 0.717) is 0 Å². The van der Waals surface area contributed by atoms with Crippen molar-refractivity contribution in [2.75, 3.05) is 13.7 Å². The van der Waals surface area contributed by atoms with E-state index in [2.05, 4.69) is 4.98 Å². The lowest BCUT2D eigenvalue weighted by molar-refractivity contribution is 0.206. The SMILES string of the molecule is COc1cncc([C@@H]2CCCCCN2N)c1. The second-order valence-corrected chi connectivity index (χ2v) is 4.26. The molecule has 1 aromatic heterocycles. The molecule has 4 nitrogen and oxygen atoms in total. The molecule has 2 rings (SSSR count). The van der Waals surface area contributed by atoms with Gasteiger partial charge in [0.1, 0.15) is 5.75 Å². The van der Waals surface area contributed by atoms with Gasteiger partial charge in [-0.3, -0.25) is 10.8 Å². The van der Waals surface area contributed by atoms with Crippen molar-refractivity contribution < 1.29 is 4.74 Å². The van der Waals surface area contributed by atoms with Gasteiger partial charge in [0.05, 0.1) is 19.3 Å². The van der Waals surface area contributed by atoms with Crippen LogP contribution in [0.5, 0.6) is 5.75 Å². The van der Waals surface area contributed by atoms with Gasteiger partial charge >= 0.3 is 0 Å². The minimum atomic E-state index is 0.282. The van der Waals surface area contributed by atoms with Crippen molar-refractivity contribution in [3.63, 3.8) is 0 Å². The van der Waals surface area contributed by atoms with Crippen LogP contribution in [0.25, 0.3) is 0 Å². The highest BCUT2D eigenvalue weighted by molar-refractivity contribution is 5.26. The van der Waals surface area contributed by atoms with E-state index in [1.165, 1.54) is 19.3 Å². The number of rotatable bonds is 2. The Morgan fingerprint density at radius 3 is 3.06 bits per heavy atom. The molecule has 0 radical (unpaired) electrons. The summed E-state index contributed by atoms with van der Waals surface area (Å²) in [7, 11) is 1.66. The second-order valence-electron chi connectivity index (χ2n) is 4.26. The zero-order chi connectivity index (χ0) is 11.4. The predicted molar refractivity (Wildman–Crippen MR) is 62.9 cm³/mol. The lowest BCUT2D eigenvalue weighted by atomic mass is 10.0. The highest BCUT2D eigenvalue weighted by atomic mass is 16.5. The average molecular weight is 221 g/mol. The summed E-state index contributed by atoms with van der Waals surface area (Å²) in [4.78, 5) is 4.19. The molecule has 1 aliphatic rings. The van der Waals surface area contributed by atoms with Gasteiger partial charge in [-0.2, -0.15) is 0 Å². The third-order valence-corrected chi connectivity index (χ3v) is 3.15. The van der Waals surface area contributed by atoms with Gasteiger partial charge in [0.25, 0.3) is 0 Å². The zero-order valence-corrected chi connectivity index (χ0v) is 9.72. The predicted octanol–water partition coefficient (Wildman–Crippen LogP) is 1.88. The Kier molecular flexibility index (Phi) is 3.74. The first-order chi connectivity index (χ1) is 7.81. The van der Waals surface area contributed by atoms with Gasteiger partial charge in [0.15, 0.2) is 0 Å². The molecular weight excluding hydrogens is 202 g/mol. The number of nitrogens with zero attached hydrogens (tertiary/aromatic N) is 2. The van der Waals surface area contributed by atoms with E-state index in [4.69, 9.17) is 10.6 Å². The molecule has 16 heavy (non-hydrogen) atoms. The summed E-state index contributed by atoms with van der Waals surface area (Å²) < 4.78 is 5.19. The third-order valence-electron chi connectivity index (χ3n) is 3.15. The number of hydrazine groups is 1. The standard InChI is InChI=1S/C12H19N3O/c1-16-11-7-10(8-14-9-11)12-5-3-2-4-6-15(12)13/h7-9,12H,2-6,13H2,1H3/t12-/m0/s1. The van der Waals surface area contributed by atoms with Gasteiger partial charge in [0.2, 0.25) is 0 Å². The summed E-state index contributed by atoms with van der Waals surface area (Å²) in [5.41, 5.74) is 1.16. The van der Waals surface area contributed by atoms with Gasteiger partial charge in [-0.05, 0) is 24.5 Å². The molecule has 0 spiro atoms. The topological polar surface area (TPSA) is 51.4 Å². The molecule has 0 bridgehead atoms. The largest absolute Gasteiger partial charge is 0.495 e. The number of nitrogens with two attached hydrogens (primary N) is 1. The summed E-state index contributed by atoms with van der Waals surface area (Å²) in [5, 5.41) is 1.93. The fourth-order valence-corrected chi connectivity index (χ4v) is 2.22. The maximum atomic E-state index is 6.07. The van der Waals surface area contributed by atoms with E-state index < -0.39 is 0 Å². The molecule has 2 heterocycles. The van der Waals surface area contributed by atoms with Crippen LogP contribution in [0.15, 0.2) is 18.5 Å². The van der Waals surface area contributed by atoms with Crippen LogP contribution in [0.4, 0.5) is 0 Å². The molecular formula is C12H19N3O. The fourth-order valence-electron chi connectivity index (χ4n) is 2.22. The van der Waals surface area contributed by atoms with Crippen LogP contribution in [0.2, 0.25) is 0 Å². The average Bonchev–Trinajstić information content (AvgIpc) is 2.54. The van der Waals surface area contributed by atoms with Crippen LogP contribution >= 0.6 is 0 Å². The normalized spacial score (nSPS) is 22.8. The summed E-state index contributed by atoms with van der Waals surface area (Å²) in [6, 6.07) is 2.31. The van der Waals surface area contributed by atoms with E-state index in [1.807, 2.05) is 17.3 Å². The van der Waals surface area contributed by atoms with Crippen molar-refractivity contribution in [1.29, 1.82) is 0 Å². The molecule has 88 valence electrons. The summed E-state index contributed by atoms with van der Waals surface area (Å²) in [5.74, 6) is 6.87. The highest BCUT2D eigenvalue weighted by Crippen LogP contribution is 2.28. The second kappa shape index (κ2) is 5.27. The molecule has 1 saturated heterocycles. The zero-order valence-electron chi connectivity index (χ0n) is 9.72. The molecule has 0 saturated carbocycles. The van der Waals surface area contributed by atoms with Crippen LogP contribution in [-0.2, 0) is 0 Å². The molecule has 4 heteroatoms. The van der Waals surface area contributed by atoms with E-state index in [9.17, 15) is 0 Å². The molecule has 0 unspecified atom stereocenters. The van der Waals surface area contributed by atoms with Gasteiger partial charge in [-0.25, -0.2) is 5.01 Å². The van der Waals surface area contributed by atoms with E-state index in [1.54, 1.807) is 13.3 Å². The molecule has 1 aromatic rings. The number of pyridine rings is 1. The first-order valence-corrected chi connectivity index (χ1v) is 5.81. The number of hydrogen-bond acceptors (Lipinski definition) is 4. The van der Waals surface area contributed by atoms with E-state index in [-0.39, 0.29) is 6.04 Å². The summed E-state index contributed by atoms with van der Waals surface area (Å²) in [6.45, 7) is 0.960. The van der Waals surface area contributed by atoms with E-state index >= 15 is 0 Å². The number of aromatic nitrogens is 1. The van der Waals surface area contributed by atoms with Crippen LogP contribution in [-0.4, -0.2) is 23.6 Å². The number of methoxy groups -OCH3 is 1. The Hall–Kier alpha value is -1.13. The summed E-state index contributed by atoms with van der Waals surface area (Å²) in [6.07, 6.45) is 8.40. The molecule has 1 atom stereocenters.